The van der Waals surface area contributed by atoms with E-state index in [9.17, 15) is 9.59 Å². The van der Waals surface area contributed by atoms with E-state index in [0.717, 1.165) is 5.69 Å². The lowest BCUT2D eigenvalue weighted by Crippen LogP contribution is -2.64. The summed E-state index contributed by atoms with van der Waals surface area (Å²) in [4.78, 5) is 25.3. The number of amides is 1. The number of nitrogens with zero attached hydrogens (tertiary/aromatic N) is 1. The Bertz CT molecular complexity index is 505. The van der Waals surface area contributed by atoms with Gasteiger partial charge >= 0.3 is 0 Å². The highest BCUT2D eigenvalue weighted by molar-refractivity contribution is 5.99. The van der Waals surface area contributed by atoms with Gasteiger partial charge in [0.05, 0.1) is 6.04 Å². The molecule has 1 saturated heterocycles. The monoisotopic (exact) mass is 260 g/mol. The molecular formula is C15H20N2O2. The molecule has 1 aliphatic heterocycles. The van der Waals surface area contributed by atoms with E-state index in [0.29, 0.717) is 12.1 Å². The maximum Gasteiger partial charge on any atom is 0.243 e. The van der Waals surface area contributed by atoms with Crippen LogP contribution in [0.4, 0.5) is 5.69 Å². The van der Waals surface area contributed by atoms with E-state index >= 15 is 0 Å². The van der Waals surface area contributed by atoms with Crippen LogP contribution in [0.2, 0.25) is 0 Å². The first-order valence-electron chi connectivity index (χ1n) is 6.50. The van der Waals surface area contributed by atoms with Crippen LogP contribution in [-0.4, -0.2) is 29.8 Å². The Balaban J connectivity index is 2.29. The lowest BCUT2D eigenvalue weighted by atomic mass is 9.98. The van der Waals surface area contributed by atoms with Crippen molar-refractivity contribution in [3.8, 4) is 0 Å². The minimum Gasteiger partial charge on any atom is -0.309 e. The van der Waals surface area contributed by atoms with Gasteiger partial charge in [0.15, 0.2) is 5.78 Å². The van der Waals surface area contributed by atoms with E-state index in [1.54, 1.807) is 17.0 Å². The molecule has 0 bridgehead atoms. The molecule has 1 fully saturated rings. The molecule has 0 radical (unpaired) electrons. The molecule has 1 aromatic carbocycles. The molecule has 0 aromatic heterocycles. The molecule has 0 spiro atoms. The fourth-order valence-corrected chi connectivity index (χ4v) is 2.50. The van der Waals surface area contributed by atoms with Crippen LogP contribution < -0.4 is 10.2 Å². The predicted octanol–water partition coefficient (Wildman–Crippen LogP) is 1.99. The quantitative estimate of drug-likeness (QED) is 0.827. The standard InChI is InChI=1S/C15H20N2O2/c1-10-14(19)17(9-15(3,4)16-10)13-7-5-12(6-8-13)11(2)18/h5-8,10,16H,9H2,1-4H3. The predicted molar refractivity (Wildman–Crippen MR) is 75.5 cm³/mol. The summed E-state index contributed by atoms with van der Waals surface area (Å²) in [7, 11) is 0. The molecule has 1 aromatic rings. The average Bonchev–Trinajstić information content (AvgIpc) is 2.33. The molecule has 1 unspecified atom stereocenters. The summed E-state index contributed by atoms with van der Waals surface area (Å²) >= 11 is 0. The lowest BCUT2D eigenvalue weighted by molar-refractivity contribution is -0.122. The number of benzene rings is 1. The summed E-state index contributed by atoms with van der Waals surface area (Å²) in [5.74, 6) is 0.0989. The van der Waals surface area contributed by atoms with Crippen molar-refractivity contribution >= 4 is 17.4 Å². The zero-order valence-corrected chi connectivity index (χ0v) is 11.9. The SMILES string of the molecule is CC(=O)c1ccc(N2CC(C)(C)NC(C)C2=O)cc1. The second-order valence-electron chi connectivity index (χ2n) is 5.78. The van der Waals surface area contributed by atoms with Gasteiger partial charge in [-0.25, -0.2) is 0 Å². The van der Waals surface area contributed by atoms with Gasteiger partial charge in [0.25, 0.3) is 0 Å². The fraction of sp³-hybridized carbons (Fsp3) is 0.467. The Morgan fingerprint density at radius 2 is 1.89 bits per heavy atom. The van der Waals surface area contributed by atoms with Crippen molar-refractivity contribution in [2.75, 3.05) is 11.4 Å². The summed E-state index contributed by atoms with van der Waals surface area (Å²) < 4.78 is 0. The van der Waals surface area contributed by atoms with E-state index in [-0.39, 0.29) is 23.3 Å². The van der Waals surface area contributed by atoms with Crippen LogP contribution in [0.3, 0.4) is 0 Å². The largest absolute Gasteiger partial charge is 0.309 e. The van der Waals surface area contributed by atoms with Gasteiger partial charge in [-0.15, -0.1) is 0 Å². The maximum absolute atomic E-state index is 12.2. The summed E-state index contributed by atoms with van der Waals surface area (Å²) in [5.41, 5.74) is 1.39. The number of nitrogens with one attached hydrogen (secondary N) is 1. The molecule has 0 saturated carbocycles. The van der Waals surface area contributed by atoms with Crippen molar-refractivity contribution in [3.05, 3.63) is 29.8 Å². The molecule has 1 amide bonds. The van der Waals surface area contributed by atoms with Gasteiger partial charge in [0, 0.05) is 23.3 Å². The Labute approximate surface area is 113 Å². The average molecular weight is 260 g/mol. The van der Waals surface area contributed by atoms with E-state index in [1.807, 2.05) is 19.1 Å². The number of rotatable bonds is 2. The third-order valence-corrected chi connectivity index (χ3v) is 3.38. The lowest BCUT2D eigenvalue weighted by Gasteiger charge is -2.42. The zero-order valence-electron chi connectivity index (χ0n) is 11.9. The van der Waals surface area contributed by atoms with E-state index in [2.05, 4.69) is 19.2 Å². The highest BCUT2D eigenvalue weighted by Crippen LogP contribution is 2.23. The van der Waals surface area contributed by atoms with Crippen LogP contribution in [0.5, 0.6) is 0 Å². The van der Waals surface area contributed by atoms with Gasteiger partial charge in [-0.05, 0) is 52.0 Å². The normalized spacial score (nSPS) is 22.4. The molecule has 1 heterocycles. The van der Waals surface area contributed by atoms with Crippen LogP contribution in [-0.2, 0) is 4.79 Å². The van der Waals surface area contributed by atoms with Crippen LogP contribution in [0.25, 0.3) is 0 Å². The topological polar surface area (TPSA) is 49.4 Å². The summed E-state index contributed by atoms with van der Waals surface area (Å²) in [6, 6.07) is 7.01. The van der Waals surface area contributed by atoms with Crippen LogP contribution >= 0.6 is 0 Å². The van der Waals surface area contributed by atoms with Crippen molar-refractivity contribution in [3.63, 3.8) is 0 Å². The van der Waals surface area contributed by atoms with Gasteiger partial charge < -0.3 is 4.90 Å². The third-order valence-electron chi connectivity index (χ3n) is 3.38. The third kappa shape index (κ3) is 2.84. The number of carbonyl (C=O) groups is 2. The zero-order chi connectivity index (χ0) is 14.2. The number of carbonyl (C=O) groups excluding carboxylic acids is 2. The number of hydrogen-bond acceptors (Lipinski definition) is 3. The number of hydrogen-bond donors (Lipinski definition) is 1. The van der Waals surface area contributed by atoms with E-state index < -0.39 is 0 Å². The molecule has 19 heavy (non-hydrogen) atoms. The first-order chi connectivity index (χ1) is 8.80. The maximum atomic E-state index is 12.2. The second-order valence-corrected chi connectivity index (χ2v) is 5.78. The summed E-state index contributed by atoms with van der Waals surface area (Å²) in [5, 5.41) is 3.29. The number of ketones is 1. The number of piperazine rings is 1. The van der Waals surface area contributed by atoms with Gasteiger partial charge in [0.2, 0.25) is 5.91 Å². The number of anilines is 1. The molecule has 4 heteroatoms. The van der Waals surface area contributed by atoms with Gasteiger partial charge in [-0.1, -0.05) is 0 Å². The van der Waals surface area contributed by atoms with Crippen LogP contribution in [0, 0.1) is 0 Å². The van der Waals surface area contributed by atoms with E-state index in [1.165, 1.54) is 6.92 Å². The van der Waals surface area contributed by atoms with Crippen molar-refractivity contribution in [2.45, 2.75) is 39.3 Å². The molecule has 102 valence electrons. The second kappa shape index (κ2) is 4.78. The first-order valence-corrected chi connectivity index (χ1v) is 6.50. The highest BCUT2D eigenvalue weighted by Gasteiger charge is 2.36. The summed E-state index contributed by atoms with van der Waals surface area (Å²) in [6.07, 6.45) is 0. The molecular weight excluding hydrogens is 240 g/mol. The van der Waals surface area contributed by atoms with E-state index in [4.69, 9.17) is 0 Å². The van der Waals surface area contributed by atoms with Crippen molar-refractivity contribution in [1.82, 2.24) is 5.32 Å². The molecule has 4 nitrogen and oxygen atoms in total. The Kier molecular flexibility index (Phi) is 3.45. The molecule has 2 rings (SSSR count). The van der Waals surface area contributed by atoms with Gasteiger partial charge in [0.1, 0.15) is 0 Å². The number of Topliss-reactive ketones (excluding diaryl/α,β-unsaturated/α-hetero) is 1. The van der Waals surface area contributed by atoms with Crippen molar-refractivity contribution < 1.29 is 9.59 Å². The fourth-order valence-electron chi connectivity index (χ4n) is 2.50. The molecule has 1 atom stereocenters. The van der Waals surface area contributed by atoms with Gasteiger partial charge in [-0.2, -0.15) is 0 Å². The smallest absolute Gasteiger partial charge is 0.243 e. The summed E-state index contributed by atoms with van der Waals surface area (Å²) in [6.45, 7) is 8.19. The van der Waals surface area contributed by atoms with Gasteiger partial charge in [-0.3, -0.25) is 14.9 Å². The molecule has 1 aliphatic rings. The molecule has 0 aliphatic carbocycles. The first kappa shape index (κ1) is 13.7. The Morgan fingerprint density at radius 3 is 2.42 bits per heavy atom. The van der Waals surface area contributed by atoms with Crippen LogP contribution in [0.15, 0.2) is 24.3 Å². The van der Waals surface area contributed by atoms with Crippen LogP contribution in [0.1, 0.15) is 38.1 Å². The minimum absolute atomic E-state index is 0.0342. The minimum atomic E-state index is -0.198. The van der Waals surface area contributed by atoms with Crippen molar-refractivity contribution in [1.29, 1.82) is 0 Å². The Morgan fingerprint density at radius 1 is 1.32 bits per heavy atom. The Hall–Kier alpha value is -1.68. The van der Waals surface area contributed by atoms with Crippen molar-refractivity contribution in [2.24, 2.45) is 0 Å². The molecule has 1 N–H and O–H groups in total. The highest BCUT2D eigenvalue weighted by atomic mass is 16.2.